The first-order valence-electron chi connectivity index (χ1n) is 11.9. The van der Waals surface area contributed by atoms with Crippen molar-refractivity contribution in [3.63, 3.8) is 0 Å². The molecule has 1 atom stereocenters. The second-order valence-corrected chi connectivity index (χ2v) is 9.53. The smallest absolute Gasteiger partial charge is 0.251 e. The average molecular weight is 476 g/mol. The summed E-state index contributed by atoms with van der Waals surface area (Å²) in [6.45, 7) is 3.91. The Labute approximate surface area is 207 Å². The molecule has 1 amide bonds. The van der Waals surface area contributed by atoms with Crippen LogP contribution < -0.4 is 14.8 Å². The maximum absolute atomic E-state index is 13.4. The van der Waals surface area contributed by atoms with Crippen LogP contribution in [0.25, 0.3) is 11.1 Å². The number of carbonyl (C=O) groups excluding carboxylic acids is 2. The lowest BCUT2D eigenvalue weighted by Crippen LogP contribution is -2.34. The van der Waals surface area contributed by atoms with Crippen molar-refractivity contribution in [1.29, 1.82) is 0 Å². The first-order chi connectivity index (χ1) is 16.9. The highest BCUT2D eigenvalue weighted by Crippen LogP contribution is 2.51. The van der Waals surface area contributed by atoms with Crippen molar-refractivity contribution >= 4 is 11.7 Å². The van der Waals surface area contributed by atoms with Crippen molar-refractivity contribution in [2.45, 2.75) is 44.6 Å². The van der Waals surface area contributed by atoms with Crippen molar-refractivity contribution in [3.05, 3.63) is 82.9 Å². The molecule has 1 heterocycles. The highest BCUT2D eigenvalue weighted by molar-refractivity contribution is 5.96. The van der Waals surface area contributed by atoms with E-state index in [1.807, 2.05) is 49.4 Å². The second-order valence-electron chi connectivity index (χ2n) is 9.53. The molecule has 0 bridgehead atoms. The summed E-state index contributed by atoms with van der Waals surface area (Å²) in [5.41, 5.74) is 5.21. The number of aryl methyl sites for hydroxylation is 1. The Morgan fingerprint density at radius 2 is 1.77 bits per heavy atom. The number of amides is 1. The monoisotopic (exact) mass is 475 g/mol. The van der Waals surface area contributed by atoms with Gasteiger partial charge in [-0.1, -0.05) is 36.4 Å². The molecule has 6 nitrogen and oxygen atoms in total. The molecule has 1 aliphatic heterocycles. The predicted octanol–water partition coefficient (Wildman–Crippen LogP) is 4.84. The minimum Gasteiger partial charge on any atom is -0.454 e. The number of aliphatic hydroxyl groups is 1. The van der Waals surface area contributed by atoms with Crippen molar-refractivity contribution in [2.75, 3.05) is 13.4 Å². The maximum atomic E-state index is 13.4. The second kappa shape index (κ2) is 9.19. The maximum Gasteiger partial charge on any atom is 0.251 e. The fourth-order valence-electron chi connectivity index (χ4n) is 4.65. The summed E-state index contributed by atoms with van der Waals surface area (Å²) in [5, 5.41) is 11.9. The summed E-state index contributed by atoms with van der Waals surface area (Å²) in [5.74, 6) is 1.44. The van der Waals surface area contributed by atoms with Crippen LogP contribution in [0, 0.1) is 6.92 Å². The summed E-state index contributed by atoms with van der Waals surface area (Å²) >= 11 is 0. The highest BCUT2D eigenvalue weighted by Gasteiger charge is 2.50. The molecule has 0 unspecified atom stereocenters. The summed E-state index contributed by atoms with van der Waals surface area (Å²) in [4.78, 5) is 25.7. The van der Waals surface area contributed by atoms with Gasteiger partial charge in [0.1, 0.15) is 5.78 Å². The number of hydrogen-bond donors (Lipinski definition) is 2. The van der Waals surface area contributed by atoms with Gasteiger partial charge >= 0.3 is 0 Å². The van der Waals surface area contributed by atoms with E-state index >= 15 is 0 Å². The largest absolute Gasteiger partial charge is 0.454 e. The van der Waals surface area contributed by atoms with Crippen LogP contribution in [0.2, 0.25) is 0 Å². The molecule has 5 rings (SSSR count). The zero-order valence-corrected chi connectivity index (χ0v) is 20.0. The van der Waals surface area contributed by atoms with Crippen LogP contribution in [0.5, 0.6) is 11.5 Å². The zero-order valence-electron chi connectivity index (χ0n) is 20.0. The Morgan fingerprint density at radius 3 is 2.49 bits per heavy atom. The number of benzene rings is 3. The minimum atomic E-state index is -0.438. The summed E-state index contributed by atoms with van der Waals surface area (Å²) < 4.78 is 10.9. The van der Waals surface area contributed by atoms with Crippen molar-refractivity contribution in [3.8, 4) is 22.6 Å². The molecule has 35 heavy (non-hydrogen) atoms. The number of ether oxygens (including phenoxy) is 2. The van der Waals surface area contributed by atoms with E-state index in [9.17, 15) is 9.59 Å². The summed E-state index contributed by atoms with van der Waals surface area (Å²) in [6.07, 6.45) is 2.06. The molecule has 6 heteroatoms. The van der Waals surface area contributed by atoms with Crippen molar-refractivity contribution < 1.29 is 27.0 Å². The van der Waals surface area contributed by atoms with Gasteiger partial charge in [-0.15, -0.1) is 0 Å². The number of carbonyl (C=O) groups is 2. The number of hydrogen-bond acceptors (Lipinski definition) is 5. The molecule has 2 N–H and O–H groups in total. The molecule has 0 spiro atoms. The fraction of sp³-hybridized carbons (Fsp3) is 0.310. The predicted molar refractivity (Wildman–Crippen MR) is 137 cm³/mol. The van der Waals surface area contributed by atoms with Crippen molar-refractivity contribution in [1.82, 2.24) is 5.32 Å². The molecule has 0 saturated heterocycles. The van der Waals surface area contributed by atoms with Gasteiger partial charge in [-0.3, -0.25) is 9.59 Å². The summed E-state index contributed by atoms with van der Waals surface area (Å²) in [7, 11) is 0. The minimum absolute atomic E-state index is 0. The van der Waals surface area contributed by atoms with Gasteiger partial charge in [-0.2, -0.15) is 0 Å². The zero-order chi connectivity index (χ0) is 24.6. The van der Waals surface area contributed by atoms with E-state index in [4.69, 9.17) is 14.6 Å². The normalized spacial score (nSPS) is 16.0. The number of nitrogens with one attached hydrogen (secondary N) is 1. The Hall–Kier alpha value is -3.64. The lowest BCUT2D eigenvalue weighted by molar-refractivity contribution is -0.120. The van der Waals surface area contributed by atoms with Crippen LogP contribution >= 0.6 is 0 Å². The van der Waals surface area contributed by atoms with E-state index in [2.05, 4.69) is 11.4 Å². The van der Waals surface area contributed by atoms with Gasteiger partial charge in [0.2, 0.25) is 6.79 Å². The van der Waals surface area contributed by atoms with E-state index < -0.39 is 5.41 Å². The van der Waals surface area contributed by atoms with Gasteiger partial charge in [-0.05, 0) is 78.8 Å². The molecular weight excluding hydrogens is 442 g/mol. The van der Waals surface area contributed by atoms with Crippen LogP contribution in [0.1, 0.15) is 49.7 Å². The van der Waals surface area contributed by atoms with Crippen LogP contribution in [-0.2, 0) is 16.6 Å². The first-order valence-corrected chi connectivity index (χ1v) is 11.9. The van der Waals surface area contributed by atoms with E-state index in [1.165, 1.54) is 0 Å². The molecule has 1 saturated carbocycles. The van der Waals surface area contributed by atoms with Gasteiger partial charge in [0.25, 0.3) is 5.91 Å². The standard InChI is InChI=1S/C29H29NO5.2H2/c1-18-3-4-20(13-24(18)21-5-7-22(8-6-21)28(33)30-19(2)16-31)14-27(32)29(11-12-29)23-9-10-25-26(15-23)35-17-34-25;;/h3-10,13,15,19,31H,11-12,14,16-17H2,1-2H3,(H,30,33);2*1H/t19-;;/m0../s1. The summed E-state index contributed by atoms with van der Waals surface area (Å²) in [6, 6.07) is 19.1. The van der Waals surface area contributed by atoms with Crippen LogP contribution in [0.3, 0.4) is 0 Å². The van der Waals surface area contributed by atoms with E-state index in [0.29, 0.717) is 17.7 Å². The molecular formula is C29H33NO5. The quantitative estimate of drug-likeness (QED) is 0.487. The number of ketones is 1. The van der Waals surface area contributed by atoms with Gasteiger partial charge in [0.05, 0.1) is 12.0 Å². The van der Waals surface area contributed by atoms with Gasteiger partial charge in [0, 0.05) is 20.9 Å². The SMILES string of the molecule is Cc1ccc(CC(=O)C2(c3ccc4c(c3)OCO4)CC2)cc1-c1ccc(C(=O)N[C@@H](C)CO)cc1.[HH].[HH]. The van der Waals surface area contributed by atoms with E-state index in [0.717, 1.165) is 46.4 Å². The van der Waals surface area contributed by atoms with E-state index in [1.54, 1.807) is 19.1 Å². The number of aliphatic hydroxyl groups excluding tert-OH is 1. The number of fused-ring (bicyclic) bond motifs is 1. The van der Waals surface area contributed by atoms with Crippen LogP contribution in [0.4, 0.5) is 0 Å². The molecule has 1 aliphatic carbocycles. The Balaban J connectivity index is 0.00000190. The lowest BCUT2D eigenvalue weighted by atomic mass is 9.87. The fourth-order valence-corrected chi connectivity index (χ4v) is 4.65. The van der Waals surface area contributed by atoms with Crippen molar-refractivity contribution in [2.24, 2.45) is 0 Å². The molecule has 1 fully saturated rings. The molecule has 0 aromatic heterocycles. The van der Waals surface area contributed by atoms with Gasteiger partial charge < -0.3 is 19.9 Å². The molecule has 3 aromatic carbocycles. The Bertz CT molecular complexity index is 1290. The molecule has 184 valence electrons. The third kappa shape index (κ3) is 4.54. The topological polar surface area (TPSA) is 84.9 Å². The third-order valence-electron chi connectivity index (χ3n) is 6.99. The van der Waals surface area contributed by atoms with E-state index in [-0.39, 0.29) is 34.0 Å². The van der Waals surface area contributed by atoms with Crippen LogP contribution in [0.15, 0.2) is 60.7 Å². The first kappa shape index (κ1) is 23.1. The third-order valence-corrected chi connectivity index (χ3v) is 6.99. The molecule has 3 aromatic rings. The highest BCUT2D eigenvalue weighted by atomic mass is 16.7. The van der Waals surface area contributed by atoms with Crippen LogP contribution in [-0.4, -0.2) is 36.2 Å². The number of Topliss-reactive ketones (excluding diaryl/α,β-unsaturated/α-hetero) is 1. The Morgan fingerprint density at radius 1 is 1.03 bits per heavy atom. The Kier molecular flexibility index (Phi) is 6.07. The lowest BCUT2D eigenvalue weighted by Gasteiger charge is -2.16. The number of rotatable bonds is 8. The average Bonchev–Trinajstić information content (AvgIpc) is 3.56. The van der Waals surface area contributed by atoms with Gasteiger partial charge in [-0.25, -0.2) is 0 Å². The molecule has 2 aliphatic rings. The molecule has 0 radical (unpaired) electrons. The van der Waals surface area contributed by atoms with Gasteiger partial charge in [0.15, 0.2) is 11.5 Å².